The Bertz CT molecular complexity index is 1050. The van der Waals surface area contributed by atoms with E-state index in [4.69, 9.17) is 9.47 Å². The van der Waals surface area contributed by atoms with Gasteiger partial charge >= 0.3 is 0 Å². The van der Waals surface area contributed by atoms with Crippen LogP contribution in [0, 0.1) is 5.82 Å². The average molecular weight is 401 g/mol. The van der Waals surface area contributed by atoms with Crippen molar-refractivity contribution in [2.45, 2.75) is 11.4 Å². The number of halogens is 1. The fraction of sp³-hybridized carbons (Fsp3) is 0.143. The molecule has 0 saturated heterocycles. The molecule has 3 rings (SSSR count). The molecule has 0 fully saturated rings. The second kappa shape index (κ2) is 8.31. The minimum atomic E-state index is -4.00. The maximum Gasteiger partial charge on any atom is 0.264 e. The molecule has 5 nitrogen and oxygen atoms in total. The molecule has 28 heavy (non-hydrogen) atoms. The number of rotatable bonds is 7. The highest BCUT2D eigenvalue weighted by Crippen LogP contribution is 2.34. The molecule has 0 aliphatic heterocycles. The first-order valence-electron chi connectivity index (χ1n) is 8.50. The molecule has 0 atom stereocenters. The lowest BCUT2D eigenvalue weighted by Gasteiger charge is -2.26. The summed E-state index contributed by atoms with van der Waals surface area (Å²) in [5, 5.41) is 0. The summed E-state index contributed by atoms with van der Waals surface area (Å²) in [4.78, 5) is 0.0653. The van der Waals surface area contributed by atoms with Gasteiger partial charge in [-0.05, 0) is 42.5 Å². The maximum atomic E-state index is 14.3. The van der Waals surface area contributed by atoms with Crippen molar-refractivity contribution in [3.05, 3.63) is 84.2 Å². The van der Waals surface area contributed by atoms with Crippen molar-refractivity contribution in [2.24, 2.45) is 0 Å². The molecule has 0 unspecified atom stereocenters. The van der Waals surface area contributed by atoms with Crippen LogP contribution in [0.4, 0.5) is 10.1 Å². The summed E-state index contributed by atoms with van der Waals surface area (Å²) in [5.41, 5.74) is 0.578. The summed E-state index contributed by atoms with van der Waals surface area (Å²) in [6.07, 6.45) is 0. The second-order valence-electron chi connectivity index (χ2n) is 5.95. The van der Waals surface area contributed by atoms with Gasteiger partial charge in [0, 0.05) is 5.56 Å². The van der Waals surface area contributed by atoms with Gasteiger partial charge in [0.25, 0.3) is 10.0 Å². The Balaban J connectivity index is 2.13. The number of hydrogen-bond donors (Lipinski definition) is 0. The van der Waals surface area contributed by atoms with Crippen LogP contribution in [0.3, 0.4) is 0 Å². The summed E-state index contributed by atoms with van der Waals surface area (Å²) in [5.74, 6) is 0.431. The van der Waals surface area contributed by atoms with E-state index in [0.29, 0.717) is 17.2 Å². The SMILES string of the molecule is COc1ccc(S(=O)(=O)N(Cc2ccccc2F)c2ccccc2OC)cc1. The highest BCUT2D eigenvalue weighted by molar-refractivity contribution is 7.92. The van der Waals surface area contributed by atoms with Crippen LogP contribution in [0.15, 0.2) is 77.7 Å². The van der Waals surface area contributed by atoms with E-state index in [1.54, 1.807) is 54.6 Å². The largest absolute Gasteiger partial charge is 0.497 e. The number of benzene rings is 3. The minimum absolute atomic E-state index is 0.0653. The van der Waals surface area contributed by atoms with Gasteiger partial charge in [-0.15, -0.1) is 0 Å². The van der Waals surface area contributed by atoms with Gasteiger partial charge in [0.1, 0.15) is 17.3 Å². The van der Waals surface area contributed by atoms with Crippen LogP contribution < -0.4 is 13.8 Å². The van der Waals surface area contributed by atoms with Crippen LogP contribution in [-0.2, 0) is 16.6 Å². The van der Waals surface area contributed by atoms with E-state index in [0.717, 1.165) is 4.31 Å². The first kappa shape index (κ1) is 19.7. The Morgan fingerprint density at radius 3 is 2.14 bits per heavy atom. The third kappa shape index (κ3) is 3.94. The Morgan fingerprint density at radius 1 is 0.857 bits per heavy atom. The molecule has 0 bridgehead atoms. The summed E-state index contributed by atoms with van der Waals surface area (Å²) in [6.45, 7) is -0.179. The van der Waals surface area contributed by atoms with Gasteiger partial charge in [0.15, 0.2) is 0 Å². The Hall–Kier alpha value is -3.06. The zero-order chi connectivity index (χ0) is 20.1. The monoisotopic (exact) mass is 401 g/mol. The van der Waals surface area contributed by atoms with Crippen LogP contribution in [0.2, 0.25) is 0 Å². The highest BCUT2D eigenvalue weighted by atomic mass is 32.2. The first-order chi connectivity index (χ1) is 13.5. The fourth-order valence-electron chi connectivity index (χ4n) is 2.79. The van der Waals surface area contributed by atoms with E-state index in [2.05, 4.69) is 0 Å². The predicted molar refractivity (Wildman–Crippen MR) is 106 cm³/mol. The fourth-order valence-corrected chi connectivity index (χ4v) is 4.25. The van der Waals surface area contributed by atoms with Crippen molar-refractivity contribution in [1.29, 1.82) is 0 Å². The smallest absolute Gasteiger partial charge is 0.264 e. The molecule has 0 radical (unpaired) electrons. The minimum Gasteiger partial charge on any atom is -0.497 e. The molecule has 0 heterocycles. The second-order valence-corrected chi connectivity index (χ2v) is 7.81. The predicted octanol–water partition coefficient (Wildman–Crippen LogP) is 4.24. The molecule has 0 N–H and O–H groups in total. The van der Waals surface area contributed by atoms with Crippen LogP contribution >= 0.6 is 0 Å². The normalized spacial score (nSPS) is 11.1. The maximum absolute atomic E-state index is 14.3. The standard InChI is InChI=1S/C21H20FNO4S/c1-26-17-11-13-18(14-12-17)28(24,25)23(15-16-7-3-4-8-19(16)22)20-9-5-6-10-21(20)27-2/h3-14H,15H2,1-2H3. The number of hydrogen-bond acceptors (Lipinski definition) is 4. The van der Waals surface area contributed by atoms with Gasteiger partial charge in [-0.25, -0.2) is 12.8 Å². The van der Waals surface area contributed by atoms with E-state index < -0.39 is 15.8 Å². The van der Waals surface area contributed by atoms with Gasteiger partial charge in [-0.1, -0.05) is 30.3 Å². The molecule has 0 aliphatic carbocycles. The average Bonchev–Trinajstić information content (AvgIpc) is 2.73. The zero-order valence-electron chi connectivity index (χ0n) is 15.5. The topological polar surface area (TPSA) is 55.8 Å². The molecule has 0 spiro atoms. The molecule has 7 heteroatoms. The molecular formula is C21H20FNO4S. The van der Waals surface area contributed by atoms with Crippen LogP contribution in [0.5, 0.6) is 11.5 Å². The lowest BCUT2D eigenvalue weighted by molar-refractivity contribution is 0.414. The van der Waals surface area contributed by atoms with Crippen molar-refractivity contribution in [1.82, 2.24) is 0 Å². The molecular weight excluding hydrogens is 381 g/mol. The molecule has 0 amide bonds. The third-order valence-corrected chi connectivity index (χ3v) is 6.05. The van der Waals surface area contributed by atoms with Crippen LogP contribution in [0.25, 0.3) is 0 Å². The van der Waals surface area contributed by atoms with Crippen molar-refractivity contribution in [2.75, 3.05) is 18.5 Å². The molecule has 146 valence electrons. The lowest BCUT2D eigenvalue weighted by Crippen LogP contribution is -2.31. The molecule has 0 aromatic heterocycles. The van der Waals surface area contributed by atoms with Crippen LogP contribution in [0.1, 0.15) is 5.56 Å². The van der Waals surface area contributed by atoms with Gasteiger partial charge in [0.05, 0.1) is 31.3 Å². The van der Waals surface area contributed by atoms with Crippen molar-refractivity contribution < 1.29 is 22.3 Å². The Labute approximate surface area is 164 Å². The number of methoxy groups -OCH3 is 2. The van der Waals surface area contributed by atoms with Crippen molar-refractivity contribution in [3.63, 3.8) is 0 Å². The number of ether oxygens (including phenoxy) is 2. The number of nitrogens with zero attached hydrogens (tertiary/aromatic N) is 1. The van der Waals surface area contributed by atoms with Gasteiger partial charge < -0.3 is 9.47 Å². The molecule has 3 aromatic rings. The van der Waals surface area contributed by atoms with E-state index in [-0.39, 0.29) is 17.0 Å². The summed E-state index contributed by atoms with van der Waals surface area (Å²) >= 11 is 0. The lowest BCUT2D eigenvalue weighted by atomic mass is 10.2. The molecule has 3 aromatic carbocycles. The van der Waals surface area contributed by atoms with Crippen molar-refractivity contribution in [3.8, 4) is 11.5 Å². The number of para-hydroxylation sites is 2. The quantitative estimate of drug-likeness (QED) is 0.594. The van der Waals surface area contributed by atoms with Crippen molar-refractivity contribution >= 4 is 15.7 Å². The summed E-state index contributed by atoms with van der Waals surface area (Å²) < 4.78 is 52.7. The zero-order valence-corrected chi connectivity index (χ0v) is 16.3. The van der Waals surface area contributed by atoms with E-state index in [1.165, 1.54) is 32.4 Å². The van der Waals surface area contributed by atoms with Crippen LogP contribution in [-0.4, -0.2) is 22.6 Å². The number of sulfonamides is 1. The summed E-state index contributed by atoms with van der Waals surface area (Å²) in [7, 11) is -1.03. The van der Waals surface area contributed by atoms with E-state index in [1.807, 2.05) is 0 Å². The highest BCUT2D eigenvalue weighted by Gasteiger charge is 2.28. The summed E-state index contributed by atoms with van der Waals surface area (Å²) in [6, 6.07) is 18.9. The van der Waals surface area contributed by atoms with E-state index in [9.17, 15) is 12.8 Å². The van der Waals surface area contributed by atoms with Gasteiger partial charge in [0.2, 0.25) is 0 Å². The van der Waals surface area contributed by atoms with Gasteiger partial charge in [-0.3, -0.25) is 4.31 Å². The Kier molecular flexibility index (Phi) is 5.84. The first-order valence-corrected chi connectivity index (χ1v) is 9.94. The Morgan fingerprint density at radius 2 is 1.50 bits per heavy atom. The van der Waals surface area contributed by atoms with E-state index >= 15 is 0 Å². The van der Waals surface area contributed by atoms with Gasteiger partial charge in [-0.2, -0.15) is 0 Å². The number of anilines is 1. The molecule has 0 aliphatic rings. The third-order valence-electron chi connectivity index (χ3n) is 4.27. The molecule has 0 saturated carbocycles.